The van der Waals surface area contributed by atoms with E-state index in [0.717, 1.165) is 17.5 Å². The smallest absolute Gasteiger partial charge is 0.154 e. The number of hydroxylamine groups is 1. The van der Waals surface area contributed by atoms with E-state index < -0.39 is 4.87 Å². The van der Waals surface area contributed by atoms with Gasteiger partial charge in [-0.25, -0.2) is 0 Å². The molecule has 1 aliphatic heterocycles. The van der Waals surface area contributed by atoms with Crippen molar-refractivity contribution in [3.63, 3.8) is 0 Å². The predicted octanol–water partition coefficient (Wildman–Crippen LogP) is 0.257. The first-order valence-electron chi connectivity index (χ1n) is 4.71. The summed E-state index contributed by atoms with van der Waals surface area (Å²) in [7, 11) is 0. The molecule has 5 nitrogen and oxygen atoms in total. The van der Waals surface area contributed by atoms with Crippen LogP contribution in [0.25, 0.3) is 0 Å². The van der Waals surface area contributed by atoms with Crippen molar-refractivity contribution < 1.29 is 0 Å². The zero-order valence-corrected chi connectivity index (χ0v) is 9.06. The van der Waals surface area contributed by atoms with Gasteiger partial charge in [0.15, 0.2) is 4.87 Å². The van der Waals surface area contributed by atoms with Crippen LogP contribution in [0.15, 0.2) is 0 Å². The van der Waals surface area contributed by atoms with Crippen LogP contribution in [-0.2, 0) is 0 Å². The third-order valence-corrected chi connectivity index (χ3v) is 3.43. The maximum atomic E-state index is 10.9. The standard InChI is InChI=1S/C8H15N4OS/c1-2-12(13)11-4-3-8(7-9)10-5-6-14-8/h10-11H,2-6H2,1H3/q-1. The zero-order chi connectivity index (χ0) is 10.4. The number of hydrazine groups is 1. The van der Waals surface area contributed by atoms with E-state index in [-0.39, 0.29) is 0 Å². The predicted molar refractivity (Wildman–Crippen MR) is 57.2 cm³/mol. The normalized spacial score (nSPS) is 26.7. The molecule has 0 bridgehead atoms. The second-order valence-electron chi connectivity index (χ2n) is 3.07. The van der Waals surface area contributed by atoms with Crippen LogP contribution in [0.1, 0.15) is 13.3 Å². The molecule has 0 aromatic heterocycles. The highest BCUT2D eigenvalue weighted by Crippen LogP contribution is 2.29. The van der Waals surface area contributed by atoms with Crippen molar-refractivity contribution in [2.45, 2.75) is 18.2 Å². The molecule has 14 heavy (non-hydrogen) atoms. The Morgan fingerprint density at radius 3 is 3.07 bits per heavy atom. The minimum atomic E-state index is -0.485. The van der Waals surface area contributed by atoms with Crippen molar-refractivity contribution in [3.05, 3.63) is 5.21 Å². The molecule has 0 aliphatic carbocycles. The van der Waals surface area contributed by atoms with Crippen molar-refractivity contribution in [2.24, 2.45) is 0 Å². The second-order valence-corrected chi connectivity index (χ2v) is 4.46. The average Bonchev–Trinajstić information content (AvgIpc) is 2.67. The molecule has 1 fully saturated rings. The summed E-state index contributed by atoms with van der Waals surface area (Å²) in [6.45, 7) is 3.60. The molecule has 1 rings (SSSR count). The fourth-order valence-electron chi connectivity index (χ4n) is 1.29. The summed E-state index contributed by atoms with van der Waals surface area (Å²) in [6.07, 6.45) is 0.646. The van der Waals surface area contributed by atoms with Crippen molar-refractivity contribution in [2.75, 3.05) is 25.4 Å². The molecule has 2 N–H and O–H groups in total. The molecule has 0 aromatic rings. The number of hydrogen-bond acceptors (Lipinski definition) is 6. The summed E-state index contributed by atoms with van der Waals surface area (Å²) in [4.78, 5) is -0.485. The van der Waals surface area contributed by atoms with Crippen molar-refractivity contribution >= 4 is 11.8 Å². The first kappa shape index (κ1) is 11.8. The third-order valence-electron chi connectivity index (χ3n) is 2.09. The number of rotatable bonds is 5. The molecule has 6 heteroatoms. The van der Waals surface area contributed by atoms with Gasteiger partial charge in [0.1, 0.15) is 0 Å². The lowest BCUT2D eigenvalue weighted by atomic mass is 10.2. The van der Waals surface area contributed by atoms with E-state index in [1.165, 1.54) is 0 Å². The Morgan fingerprint density at radius 2 is 2.57 bits per heavy atom. The highest BCUT2D eigenvalue weighted by atomic mass is 32.2. The molecule has 80 valence electrons. The van der Waals surface area contributed by atoms with Gasteiger partial charge in [0.2, 0.25) is 0 Å². The third kappa shape index (κ3) is 3.12. The number of hydrogen-bond donors (Lipinski definition) is 2. The molecule has 0 amide bonds. The van der Waals surface area contributed by atoms with E-state index >= 15 is 0 Å². The SMILES string of the molecule is CCN([O-])NCCC1(C#N)NCCS1. The molecule has 1 heterocycles. The molecule has 0 radical (unpaired) electrons. The Hall–Kier alpha value is -0.320. The summed E-state index contributed by atoms with van der Waals surface area (Å²) in [5, 5.41) is 23.8. The maximum Gasteiger partial charge on any atom is 0.154 e. The summed E-state index contributed by atoms with van der Waals surface area (Å²) >= 11 is 1.62. The first-order valence-corrected chi connectivity index (χ1v) is 5.69. The van der Waals surface area contributed by atoms with Crippen LogP contribution >= 0.6 is 11.8 Å². The Labute approximate surface area is 88.4 Å². The van der Waals surface area contributed by atoms with Gasteiger partial charge in [0.05, 0.1) is 6.07 Å². The monoisotopic (exact) mass is 215 g/mol. The van der Waals surface area contributed by atoms with Gasteiger partial charge in [-0.3, -0.25) is 10.7 Å². The zero-order valence-electron chi connectivity index (χ0n) is 8.25. The van der Waals surface area contributed by atoms with Crippen LogP contribution in [0.3, 0.4) is 0 Å². The molecule has 0 spiro atoms. The fourth-order valence-corrected chi connectivity index (χ4v) is 2.35. The summed E-state index contributed by atoms with van der Waals surface area (Å²) < 4.78 is 0. The summed E-state index contributed by atoms with van der Waals surface area (Å²) in [5.41, 5.74) is 2.69. The largest absolute Gasteiger partial charge is 0.772 e. The van der Waals surface area contributed by atoms with E-state index in [0.29, 0.717) is 19.5 Å². The van der Waals surface area contributed by atoms with Gasteiger partial charge < -0.3 is 10.4 Å². The fraction of sp³-hybridized carbons (Fsp3) is 0.875. The van der Waals surface area contributed by atoms with E-state index in [1.807, 2.05) is 0 Å². The van der Waals surface area contributed by atoms with Gasteiger partial charge in [-0.1, -0.05) is 6.92 Å². The van der Waals surface area contributed by atoms with E-state index in [1.54, 1.807) is 18.7 Å². The average molecular weight is 215 g/mol. The van der Waals surface area contributed by atoms with Crippen molar-refractivity contribution in [1.82, 2.24) is 15.9 Å². The van der Waals surface area contributed by atoms with Crippen LogP contribution < -0.4 is 10.7 Å². The minimum Gasteiger partial charge on any atom is -0.772 e. The number of nitrogens with zero attached hydrogens (tertiary/aromatic N) is 2. The molecule has 0 saturated carbocycles. The van der Waals surface area contributed by atoms with Gasteiger partial charge in [-0.05, 0) is 6.54 Å². The van der Waals surface area contributed by atoms with Crippen LogP contribution in [-0.4, -0.2) is 35.4 Å². The molecule has 1 saturated heterocycles. The van der Waals surface area contributed by atoms with Crippen molar-refractivity contribution in [1.29, 1.82) is 5.26 Å². The van der Waals surface area contributed by atoms with Crippen LogP contribution in [0.4, 0.5) is 0 Å². The lowest BCUT2D eigenvalue weighted by Gasteiger charge is -2.29. The van der Waals surface area contributed by atoms with Crippen molar-refractivity contribution in [3.8, 4) is 6.07 Å². The van der Waals surface area contributed by atoms with E-state index in [2.05, 4.69) is 16.8 Å². The maximum absolute atomic E-state index is 10.9. The summed E-state index contributed by atoms with van der Waals surface area (Å²) in [6, 6.07) is 2.26. The highest BCUT2D eigenvalue weighted by Gasteiger charge is 2.33. The van der Waals surface area contributed by atoms with Gasteiger partial charge in [0, 0.05) is 25.3 Å². The quantitative estimate of drug-likeness (QED) is 0.641. The van der Waals surface area contributed by atoms with Gasteiger partial charge >= 0.3 is 0 Å². The van der Waals surface area contributed by atoms with E-state index in [4.69, 9.17) is 5.26 Å². The second kappa shape index (κ2) is 5.53. The lowest BCUT2D eigenvalue weighted by molar-refractivity contribution is 0.278. The lowest BCUT2D eigenvalue weighted by Crippen LogP contribution is -2.41. The molecule has 1 unspecified atom stereocenters. The van der Waals surface area contributed by atoms with Crippen LogP contribution in [0, 0.1) is 16.5 Å². The molecule has 0 aromatic carbocycles. The minimum absolute atomic E-state index is 0.417. The Balaban J connectivity index is 2.25. The summed E-state index contributed by atoms with van der Waals surface area (Å²) in [5.74, 6) is 0.961. The number of thioether (sulfide) groups is 1. The topological polar surface area (TPSA) is 74.1 Å². The number of nitrogens with one attached hydrogen (secondary N) is 2. The number of nitriles is 1. The Morgan fingerprint density at radius 1 is 1.79 bits per heavy atom. The Bertz CT molecular complexity index is 212. The molecular formula is C8H15N4OS-. The molecule has 1 atom stereocenters. The van der Waals surface area contributed by atoms with E-state index in [9.17, 15) is 5.21 Å². The van der Waals surface area contributed by atoms with Crippen LogP contribution in [0.5, 0.6) is 0 Å². The Kier molecular flexibility index (Phi) is 4.65. The van der Waals surface area contributed by atoms with Crippen LogP contribution in [0.2, 0.25) is 0 Å². The van der Waals surface area contributed by atoms with Gasteiger partial charge in [0.25, 0.3) is 0 Å². The molecular weight excluding hydrogens is 200 g/mol. The molecule has 1 aliphatic rings. The van der Waals surface area contributed by atoms with Gasteiger partial charge in [-0.15, -0.1) is 11.8 Å². The highest BCUT2D eigenvalue weighted by molar-refractivity contribution is 8.01. The first-order chi connectivity index (χ1) is 6.72. The van der Waals surface area contributed by atoms with Gasteiger partial charge in [-0.2, -0.15) is 5.26 Å².